The van der Waals surface area contributed by atoms with Crippen molar-refractivity contribution in [2.24, 2.45) is 5.11 Å². The highest BCUT2D eigenvalue weighted by molar-refractivity contribution is 5.79. The van der Waals surface area contributed by atoms with E-state index in [-0.39, 0.29) is 78.2 Å². The van der Waals surface area contributed by atoms with E-state index < -0.39 is 54.6 Å². The van der Waals surface area contributed by atoms with Crippen LogP contribution in [-0.2, 0) is 25.5 Å². The molecule has 3 aromatic rings. The van der Waals surface area contributed by atoms with Crippen LogP contribution in [0.4, 0.5) is 28.8 Å². The summed E-state index contributed by atoms with van der Waals surface area (Å²) in [6.45, 7) is 10.6. The highest BCUT2D eigenvalue weighted by Crippen LogP contribution is 2.44. The van der Waals surface area contributed by atoms with Crippen molar-refractivity contribution in [2.45, 2.75) is 37.5 Å². The highest BCUT2D eigenvalue weighted by Gasteiger charge is 2.30. The molecular weight excluding hydrogens is 895 g/mol. The number of rotatable bonds is 26. The number of aryl methyl sites for hydroxylation is 1. The van der Waals surface area contributed by atoms with E-state index in [4.69, 9.17) is 23.7 Å². The Bertz CT molecular complexity index is 2280. The number of benzene rings is 3. The van der Waals surface area contributed by atoms with Crippen LogP contribution in [-0.4, -0.2) is 132 Å². The second-order valence-corrected chi connectivity index (χ2v) is 15.2. The molecule has 4 rings (SSSR count). The van der Waals surface area contributed by atoms with Crippen molar-refractivity contribution < 1.29 is 52.5 Å². The van der Waals surface area contributed by atoms with E-state index in [0.29, 0.717) is 11.3 Å². The molecule has 3 atom stereocenters. The first-order chi connectivity index (χ1) is 33.4. The van der Waals surface area contributed by atoms with Crippen molar-refractivity contribution in [1.82, 2.24) is 42.1 Å². The fourth-order valence-corrected chi connectivity index (χ4v) is 7.03. The number of hydrogen-bond donors (Lipinski definition) is 7. The van der Waals surface area contributed by atoms with Crippen molar-refractivity contribution in [3.05, 3.63) is 137 Å². The zero-order chi connectivity index (χ0) is 50.0. The van der Waals surface area contributed by atoms with Gasteiger partial charge in [0.15, 0.2) is 0 Å². The zero-order valence-corrected chi connectivity index (χ0v) is 38.6. The van der Waals surface area contributed by atoms with E-state index in [2.05, 4.69) is 67.0 Å². The van der Waals surface area contributed by atoms with Crippen LogP contribution < -0.4 is 42.0 Å². The van der Waals surface area contributed by atoms with E-state index in [1.54, 1.807) is 12.1 Å². The molecule has 22 heteroatoms. The molecule has 1 aliphatic carbocycles. The smallest absolute Gasteiger partial charge is 0.407 e. The Morgan fingerprint density at radius 3 is 1.77 bits per heavy atom. The number of amides is 8. The summed E-state index contributed by atoms with van der Waals surface area (Å²) in [7, 11) is 1.47. The number of nitrogens with one attached hydrogen (secondary N) is 7. The molecule has 0 spiro atoms. The molecule has 0 radical (unpaired) electrons. The molecule has 0 saturated carbocycles. The van der Waals surface area contributed by atoms with Crippen molar-refractivity contribution in [3.8, 4) is 16.9 Å². The number of azide groups is 1. The van der Waals surface area contributed by atoms with Crippen molar-refractivity contribution in [1.29, 1.82) is 0 Å². The average Bonchev–Trinajstić information content (AvgIpc) is 3.68. The van der Waals surface area contributed by atoms with Gasteiger partial charge >= 0.3 is 36.4 Å². The van der Waals surface area contributed by atoms with Crippen LogP contribution in [0.5, 0.6) is 5.75 Å². The molecule has 22 nitrogen and oxygen atoms in total. The van der Waals surface area contributed by atoms with Gasteiger partial charge in [0.1, 0.15) is 32.2 Å². The molecule has 0 heterocycles. The lowest BCUT2D eigenvalue weighted by molar-refractivity contribution is 0.136. The third-order valence-corrected chi connectivity index (χ3v) is 10.3. The van der Waals surface area contributed by atoms with Gasteiger partial charge in [-0.25, -0.2) is 28.8 Å². The van der Waals surface area contributed by atoms with Crippen LogP contribution in [0.1, 0.15) is 28.2 Å². The summed E-state index contributed by atoms with van der Waals surface area (Å²) in [6.07, 6.45) is 0.857. The van der Waals surface area contributed by atoms with Gasteiger partial charge in [0.25, 0.3) is 0 Å². The third-order valence-electron chi connectivity index (χ3n) is 10.3. The van der Waals surface area contributed by atoms with E-state index in [1.165, 1.54) is 30.2 Å². The summed E-state index contributed by atoms with van der Waals surface area (Å²) in [5.74, 6) is 0.234. The molecule has 368 valence electrons. The molecular formula is C47H59N11O11. The molecule has 8 amide bonds. The Balaban J connectivity index is 1.49. The number of fused-ring (bicyclic) bond motifs is 3. The monoisotopic (exact) mass is 953 g/mol. The first-order valence-electron chi connectivity index (χ1n) is 21.8. The molecule has 69 heavy (non-hydrogen) atoms. The quantitative estimate of drug-likeness (QED) is 0.0173. The van der Waals surface area contributed by atoms with E-state index in [0.717, 1.165) is 27.8 Å². The summed E-state index contributed by atoms with van der Waals surface area (Å²) in [4.78, 5) is 82.5. The Hall–Kier alpha value is -8.39. The van der Waals surface area contributed by atoms with E-state index in [9.17, 15) is 34.3 Å². The Kier molecular flexibility index (Phi) is 22.1. The number of urea groups is 2. The van der Waals surface area contributed by atoms with Crippen LogP contribution in [0, 0.1) is 6.92 Å². The second-order valence-electron chi connectivity index (χ2n) is 15.2. The number of alkyl carbamates (subject to hydrolysis) is 4. The molecule has 0 unspecified atom stereocenters. The molecule has 0 aliphatic heterocycles. The predicted molar refractivity (Wildman–Crippen MR) is 255 cm³/mol. The lowest BCUT2D eigenvalue weighted by atomic mass is 9.98. The standard InChI is InChI=1S/C47H59N11O11/c1-6-19-66-44(61)51-25-33(24-50-43(60)58(29-32-18-17-31(4)22-41(32)65-5)35(28-54-57-48)27-53-46(63)68-21-8-3)55-42(59)49-23-34(26-52-45(62)67-20-7-2)56-47(64)69-30-40-38-15-11-9-13-36(38)37-14-10-12-16-39(37)40/h6-18,22,33-35,40H,1-3,19-21,23-30H2,4-5H3,(H,50,60)(H,51,61)(H,52,62)(H,53,63)(H,56,64)(H2,49,55,59)/t33-,34-,35+/m1/s1. The lowest BCUT2D eigenvalue weighted by Crippen LogP contribution is -2.57. The third kappa shape index (κ3) is 17.4. The van der Waals surface area contributed by atoms with Gasteiger partial charge in [0.2, 0.25) is 0 Å². The van der Waals surface area contributed by atoms with Gasteiger partial charge in [0, 0.05) is 55.7 Å². The number of carbonyl (C=O) groups excluding carboxylic acids is 6. The van der Waals surface area contributed by atoms with Gasteiger partial charge in [-0.05, 0) is 46.3 Å². The molecule has 3 aromatic carbocycles. The summed E-state index contributed by atoms with van der Waals surface area (Å²) in [5, 5.41) is 22.1. The minimum absolute atomic E-state index is 0.00595. The fraction of sp³-hybridized carbons (Fsp3) is 0.362. The number of methoxy groups -OCH3 is 1. The molecule has 7 N–H and O–H groups in total. The van der Waals surface area contributed by atoms with Gasteiger partial charge in [0.05, 0.1) is 31.8 Å². The zero-order valence-electron chi connectivity index (χ0n) is 38.6. The Morgan fingerprint density at radius 1 is 0.696 bits per heavy atom. The number of ether oxygens (including phenoxy) is 5. The minimum Gasteiger partial charge on any atom is -0.496 e. The predicted octanol–water partition coefficient (Wildman–Crippen LogP) is 5.51. The Labute approximate surface area is 399 Å². The van der Waals surface area contributed by atoms with Crippen molar-refractivity contribution in [2.75, 3.05) is 72.8 Å². The van der Waals surface area contributed by atoms with Crippen LogP contribution >= 0.6 is 0 Å². The maximum Gasteiger partial charge on any atom is 0.407 e. The maximum atomic E-state index is 14.2. The van der Waals surface area contributed by atoms with Crippen molar-refractivity contribution >= 4 is 36.4 Å². The van der Waals surface area contributed by atoms with Crippen LogP contribution in [0.2, 0.25) is 0 Å². The summed E-state index contributed by atoms with van der Waals surface area (Å²) < 4.78 is 26.3. The van der Waals surface area contributed by atoms with Crippen LogP contribution in [0.15, 0.2) is 110 Å². The van der Waals surface area contributed by atoms with Gasteiger partial charge in [-0.3, -0.25) is 0 Å². The average molecular weight is 954 g/mol. The summed E-state index contributed by atoms with van der Waals surface area (Å²) in [6, 6.07) is 16.7. The van der Waals surface area contributed by atoms with E-state index in [1.807, 2.05) is 61.5 Å². The van der Waals surface area contributed by atoms with Crippen LogP contribution in [0.25, 0.3) is 21.6 Å². The largest absolute Gasteiger partial charge is 0.496 e. The van der Waals surface area contributed by atoms with Gasteiger partial charge in [-0.1, -0.05) is 104 Å². The van der Waals surface area contributed by atoms with Gasteiger partial charge in [-0.2, -0.15) is 0 Å². The molecule has 0 aromatic heterocycles. The topological polar surface area (TPSA) is 285 Å². The minimum atomic E-state index is -1.01. The maximum absolute atomic E-state index is 14.2. The molecule has 0 fully saturated rings. The first-order valence-corrected chi connectivity index (χ1v) is 21.8. The number of hydrogen-bond acceptors (Lipinski definition) is 12. The van der Waals surface area contributed by atoms with Gasteiger partial charge in [-0.15, -0.1) is 0 Å². The molecule has 1 aliphatic rings. The molecule has 0 bridgehead atoms. The highest BCUT2D eigenvalue weighted by atomic mass is 16.6. The lowest BCUT2D eigenvalue weighted by Gasteiger charge is -2.32. The van der Waals surface area contributed by atoms with Crippen molar-refractivity contribution in [3.63, 3.8) is 0 Å². The summed E-state index contributed by atoms with van der Waals surface area (Å²) in [5.41, 5.74) is 14.8. The fourth-order valence-electron chi connectivity index (χ4n) is 7.03. The normalized spacial score (nSPS) is 12.3. The SMILES string of the molecule is C=CCOC(=O)NC[C@@H](CNC(=O)N(Cc1ccc(C)cc1OC)[C@H](CN=[N+]=[N-])CNC(=O)OCC=C)NC(=O)NC[C@H](CNC(=O)OCC=C)NC(=O)OCC1c2ccccc2-c2ccccc21. The number of nitrogens with zero attached hydrogens (tertiary/aromatic N) is 4. The second kappa shape index (κ2) is 28.6. The molecule has 0 saturated heterocycles. The summed E-state index contributed by atoms with van der Waals surface area (Å²) >= 11 is 0. The first kappa shape index (κ1) is 53.2. The van der Waals surface area contributed by atoms with E-state index >= 15 is 0 Å². The van der Waals surface area contributed by atoms with Crippen LogP contribution in [0.3, 0.4) is 0 Å². The van der Waals surface area contributed by atoms with Gasteiger partial charge < -0.3 is 65.8 Å². The Morgan fingerprint density at radius 2 is 1.22 bits per heavy atom. The number of carbonyl (C=O) groups is 6.